The number of amides is 1. The van der Waals surface area contributed by atoms with Crippen LogP contribution in [0.4, 0.5) is 0 Å². The Labute approximate surface area is 144 Å². The Morgan fingerprint density at radius 1 is 1.39 bits per heavy atom. The quantitative estimate of drug-likeness (QED) is 0.174. The molecule has 0 heterocycles. The smallest absolute Gasteiger partial charge is 0.341 e. The Balaban J connectivity index is 2.81. The molecule has 7 heteroatoms. The van der Waals surface area contributed by atoms with Crippen LogP contribution < -0.4 is 5.32 Å². The average molecular weight is 356 g/mol. The summed E-state index contributed by atoms with van der Waals surface area (Å²) >= 11 is 7.24. The number of halogens is 1. The fourth-order valence-corrected chi connectivity index (χ4v) is 2.60. The second-order valence-electron chi connectivity index (χ2n) is 4.38. The fourth-order valence-electron chi connectivity index (χ4n) is 1.66. The van der Waals surface area contributed by atoms with Crippen molar-refractivity contribution in [2.24, 2.45) is 0 Å². The number of ether oxygens (including phenoxy) is 1. The van der Waals surface area contributed by atoms with E-state index in [0.29, 0.717) is 29.3 Å². The summed E-state index contributed by atoms with van der Waals surface area (Å²) in [4.78, 5) is 34.4. The standard InChI is InChI=1S/C16H18ClNO4S/c1-2-22-16(21)14(9-12-4-3-5-13(17)8-12)15(20)10-23-7-6-18-11-19/h3-5,8-9,11H,2,6-7,10H2,1H3,(H,18,19). The van der Waals surface area contributed by atoms with Crippen molar-refractivity contribution in [1.29, 1.82) is 0 Å². The van der Waals surface area contributed by atoms with Crippen molar-refractivity contribution in [2.45, 2.75) is 6.92 Å². The van der Waals surface area contributed by atoms with Crippen LogP contribution >= 0.6 is 23.4 Å². The van der Waals surface area contributed by atoms with Crippen LogP contribution in [0.25, 0.3) is 6.08 Å². The van der Waals surface area contributed by atoms with Crippen LogP contribution in [-0.4, -0.2) is 42.8 Å². The van der Waals surface area contributed by atoms with Crippen LogP contribution in [0.1, 0.15) is 12.5 Å². The second-order valence-corrected chi connectivity index (χ2v) is 5.92. The molecule has 1 rings (SSSR count). The highest BCUT2D eigenvalue weighted by atomic mass is 35.5. The molecule has 1 aromatic rings. The van der Waals surface area contributed by atoms with Crippen molar-refractivity contribution in [2.75, 3.05) is 24.7 Å². The van der Waals surface area contributed by atoms with E-state index in [9.17, 15) is 14.4 Å². The largest absolute Gasteiger partial charge is 0.462 e. The molecule has 0 spiro atoms. The molecule has 1 aromatic carbocycles. The summed E-state index contributed by atoms with van der Waals surface area (Å²) in [5.41, 5.74) is 0.645. The molecule has 124 valence electrons. The first-order chi connectivity index (χ1) is 11.1. The molecule has 0 unspecified atom stereocenters. The minimum absolute atomic E-state index is 0.00929. The number of nitrogens with one attached hydrogen (secondary N) is 1. The van der Waals surface area contributed by atoms with Crippen LogP contribution in [-0.2, 0) is 19.1 Å². The highest BCUT2D eigenvalue weighted by molar-refractivity contribution is 8.00. The molecule has 0 radical (unpaired) electrons. The maximum atomic E-state index is 12.3. The van der Waals surface area contributed by atoms with Crippen LogP contribution in [0.5, 0.6) is 0 Å². The molecular formula is C16H18ClNO4S. The van der Waals surface area contributed by atoms with Crippen LogP contribution in [0.3, 0.4) is 0 Å². The van der Waals surface area contributed by atoms with Gasteiger partial charge in [0.05, 0.1) is 12.4 Å². The Hall–Kier alpha value is -1.79. The highest BCUT2D eigenvalue weighted by Crippen LogP contribution is 2.16. The third-order valence-corrected chi connectivity index (χ3v) is 3.86. The van der Waals surface area contributed by atoms with Gasteiger partial charge in [-0.25, -0.2) is 4.79 Å². The minimum atomic E-state index is -0.649. The second kappa shape index (κ2) is 10.9. The molecule has 0 saturated carbocycles. The van der Waals surface area contributed by atoms with E-state index in [2.05, 4.69) is 5.32 Å². The van der Waals surface area contributed by atoms with Gasteiger partial charge < -0.3 is 10.1 Å². The van der Waals surface area contributed by atoms with Crippen molar-refractivity contribution < 1.29 is 19.1 Å². The third kappa shape index (κ3) is 7.34. The SMILES string of the molecule is CCOC(=O)C(=Cc1cccc(Cl)c1)C(=O)CSCCNC=O. The summed E-state index contributed by atoms with van der Waals surface area (Å²) < 4.78 is 4.94. The number of Topliss-reactive ketones (excluding diaryl/α,β-unsaturated/α-hetero) is 1. The Morgan fingerprint density at radius 2 is 2.17 bits per heavy atom. The van der Waals surface area contributed by atoms with Crippen molar-refractivity contribution in [3.05, 3.63) is 40.4 Å². The molecule has 0 saturated heterocycles. The molecule has 0 atom stereocenters. The molecule has 23 heavy (non-hydrogen) atoms. The van der Waals surface area contributed by atoms with Crippen molar-refractivity contribution in [1.82, 2.24) is 5.32 Å². The number of hydrogen-bond donors (Lipinski definition) is 1. The van der Waals surface area contributed by atoms with E-state index in [1.54, 1.807) is 31.2 Å². The van der Waals surface area contributed by atoms with Crippen LogP contribution in [0.15, 0.2) is 29.8 Å². The van der Waals surface area contributed by atoms with Gasteiger partial charge in [0, 0.05) is 17.3 Å². The van der Waals surface area contributed by atoms with Gasteiger partial charge in [-0.3, -0.25) is 9.59 Å². The van der Waals surface area contributed by atoms with E-state index >= 15 is 0 Å². The number of thioether (sulfide) groups is 1. The molecule has 5 nitrogen and oxygen atoms in total. The van der Waals surface area contributed by atoms with E-state index in [-0.39, 0.29) is 23.7 Å². The van der Waals surface area contributed by atoms with Gasteiger partial charge >= 0.3 is 5.97 Å². The molecular weight excluding hydrogens is 338 g/mol. The number of benzene rings is 1. The zero-order valence-electron chi connectivity index (χ0n) is 12.7. The highest BCUT2D eigenvalue weighted by Gasteiger charge is 2.19. The maximum Gasteiger partial charge on any atom is 0.341 e. The van der Waals surface area contributed by atoms with Crippen LogP contribution in [0, 0.1) is 0 Å². The van der Waals surface area contributed by atoms with Gasteiger partial charge in [0.25, 0.3) is 0 Å². The normalized spacial score (nSPS) is 11.0. The molecule has 1 amide bonds. The van der Waals surface area contributed by atoms with Gasteiger partial charge in [-0.05, 0) is 30.7 Å². The number of carbonyl (C=O) groups excluding carboxylic acids is 3. The van der Waals surface area contributed by atoms with Gasteiger partial charge in [0.1, 0.15) is 5.57 Å². The molecule has 0 aliphatic carbocycles. The van der Waals surface area contributed by atoms with Crippen molar-refractivity contribution in [3.8, 4) is 0 Å². The molecule has 0 aliphatic heterocycles. The molecule has 1 N–H and O–H groups in total. The average Bonchev–Trinajstić information content (AvgIpc) is 2.52. The molecule has 0 aromatic heterocycles. The summed E-state index contributed by atoms with van der Waals surface area (Å²) in [7, 11) is 0. The zero-order valence-corrected chi connectivity index (χ0v) is 14.3. The third-order valence-electron chi connectivity index (χ3n) is 2.66. The van der Waals surface area contributed by atoms with E-state index in [0.717, 1.165) is 0 Å². The summed E-state index contributed by atoms with van der Waals surface area (Å²) in [6.45, 7) is 2.34. The topological polar surface area (TPSA) is 72.5 Å². The van der Waals surface area contributed by atoms with Crippen molar-refractivity contribution >= 4 is 47.6 Å². The number of rotatable bonds is 10. The van der Waals surface area contributed by atoms with Crippen molar-refractivity contribution in [3.63, 3.8) is 0 Å². The zero-order chi connectivity index (χ0) is 17.1. The molecule has 0 aliphatic rings. The summed E-state index contributed by atoms with van der Waals surface area (Å²) in [6, 6.07) is 6.86. The van der Waals surface area contributed by atoms with Gasteiger partial charge in [-0.2, -0.15) is 11.8 Å². The van der Waals surface area contributed by atoms with E-state index < -0.39 is 5.97 Å². The first kappa shape index (κ1) is 19.3. The molecule has 0 bridgehead atoms. The molecule has 0 fully saturated rings. The van der Waals surface area contributed by atoms with Gasteiger partial charge in [0.2, 0.25) is 6.41 Å². The predicted octanol–water partition coefficient (Wildman–Crippen LogP) is 2.33. The summed E-state index contributed by atoms with van der Waals surface area (Å²) in [6.07, 6.45) is 2.09. The predicted molar refractivity (Wildman–Crippen MR) is 92.5 cm³/mol. The van der Waals surface area contributed by atoms with Gasteiger partial charge in [0.15, 0.2) is 5.78 Å². The number of esters is 1. The van der Waals surface area contributed by atoms with Gasteiger partial charge in [-0.15, -0.1) is 0 Å². The maximum absolute atomic E-state index is 12.3. The monoisotopic (exact) mass is 355 g/mol. The number of hydrogen-bond acceptors (Lipinski definition) is 5. The minimum Gasteiger partial charge on any atom is -0.462 e. The Kier molecular flexibility index (Phi) is 9.09. The van der Waals surface area contributed by atoms with Gasteiger partial charge in [-0.1, -0.05) is 23.7 Å². The lowest BCUT2D eigenvalue weighted by atomic mass is 10.1. The van der Waals surface area contributed by atoms with Crippen LogP contribution in [0.2, 0.25) is 5.02 Å². The Bertz CT molecular complexity index is 589. The first-order valence-electron chi connectivity index (χ1n) is 7.00. The van der Waals surface area contributed by atoms with E-state index in [1.807, 2.05) is 0 Å². The number of ketones is 1. The van der Waals surface area contributed by atoms with E-state index in [1.165, 1.54) is 17.8 Å². The lowest BCUT2D eigenvalue weighted by Crippen LogP contribution is -2.19. The summed E-state index contributed by atoms with van der Waals surface area (Å²) in [5, 5.41) is 3.02. The lowest BCUT2D eigenvalue weighted by Gasteiger charge is -2.07. The summed E-state index contributed by atoms with van der Waals surface area (Å²) in [5.74, 6) is -0.257. The fraction of sp³-hybridized carbons (Fsp3) is 0.312. The number of carbonyl (C=O) groups is 3. The lowest BCUT2D eigenvalue weighted by molar-refractivity contribution is -0.139. The van der Waals surface area contributed by atoms with E-state index in [4.69, 9.17) is 16.3 Å². The first-order valence-corrected chi connectivity index (χ1v) is 8.54. The Morgan fingerprint density at radius 3 is 2.83 bits per heavy atom.